The van der Waals surface area contributed by atoms with Crippen molar-refractivity contribution in [3.8, 4) is 16.9 Å². The molecule has 0 aliphatic heterocycles. The summed E-state index contributed by atoms with van der Waals surface area (Å²) < 4.78 is 0. The number of phenols is 1. The summed E-state index contributed by atoms with van der Waals surface area (Å²) in [6.45, 7) is 0. The topological polar surface area (TPSA) is 63.3 Å². The number of benzene rings is 3. The molecule has 0 radical (unpaired) electrons. The maximum Gasteiger partial charge on any atom is 0.193 e. The van der Waals surface area contributed by atoms with E-state index in [1.807, 2.05) is 30.3 Å². The van der Waals surface area contributed by atoms with Crippen molar-refractivity contribution < 1.29 is 9.90 Å². The summed E-state index contributed by atoms with van der Waals surface area (Å²) in [5.74, 6) is 0.128. The van der Waals surface area contributed by atoms with Crippen LogP contribution < -0.4 is 5.73 Å². The Labute approximate surface area is 128 Å². The second-order valence-electron chi connectivity index (χ2n) is 5.04. The summed E-state index contributed by atoms with van der Waals surface area (Å²) in [7, 11) is 0. The van der Waals surface area contributed by atoms with E-state index in [1.54, 1.807) is 36.4 Å². The van der Waals surface area contributed by atoms with Gasteiger partial charge in [0.2, 0.25) is 0 Å². The minimum atomic E-state index is -0.00849. The number of hydrogen-bond acceptors (Lipinski definition) is 3. The van der Waals surface area contributed by atoms with Crippen molar-refractivity contribution in [1.82, 2.24) is 0 Å². The van der Waals surface area contributed by atoms with Gasteiger partial charge >= 0.3 is 0 Å². The van der Waals surface area contributed by atoms with Gasteiger partial charge in [-0.05, 0) is 17.7 Å². The number of phenolic OH excluding ortho intramolecular Hbond substituents is 1. The van der Waals surface area contributed by atoms with Crippen LogP contribution in [0.3, 0.4) is 0 Å². The first-order valence-electron chi connectivity index (χ1n) is 6.94. The molecule has 3 aromatic carbocycles. The van der Waals surface area contributed by atoms with Crippen LogP contribution in [-0.2, 0) is 0 Å². The van der Waals surface area contributed by atoms with E-state index in [0.29, 0.717) is 16.8 Å². The number of nitrogens with two attached hydrogens (primary N) is 1. The molecular formula is C19H15NO2. The summed E-state index contributed by atoms with van der Waals surface area (Å²) in [5, 5.41) is 9.40. The molecule has 3 nitrogen and oxygen atoms in total. The Balaban J connectivity index is 1.91. The Morgan fingerprint density at radius 3 is 2.09 bits per heavy atom. The van der Waals surface area contributed by atoms with E-state index in [9.17, 15) is 9.90 Å². The van der Waals surface area contributed by atoms with Crippen LogP contribution in [0.1, 0.15) is 15.9 Å². The number of ketones is 1. The number of carbonyl (C=O) groups excluding carboxylic acids is 1. The SMILES string of the molecule is Nc1cc(O)ccc1-c1ccc(C(=O)c2ccccc2)cc1. The summed E-state index contributed by atoms with van der Waals surface area (Å²) in [6, 6.07) is 21.3. The smallest absolute Gasteiger partial charge is 0.193 e. The van der Waals surface area contributed by atoms with Crippen LogP contribution in [0, 0.1) is 0 Å². The first-order valence-corrected chi connectivity index (χ1v) is 6.94. The van der Waals surface area contributed by atoms with Gasteiger partial charge in [-0.1, -0.05) is 54.6 Å². The molecule has 0 saturated heterocycles. The zero-order valence-corrected chi connectivity index (χ0v) is 11.9. The van der Waals surface area contributed by atoms with E-state index >= 15 is 0 Å². The van der Waals surface area contributed by atoms with Crippen LogP contribution in [0.5, 0.6) is 5.75 Å². The molecule has 0 amide bonds. The van der Waals surface area contributed by atoms with Gasteiger partial charge in [0, 0.05) is 28.4 Å². The standard InChI is InChI=1S/C19H15NO2/c20-18-12-16(21)10-11-17(18)13-6-8-15(9-7-13)19(22)14-4-2-1-3-5-14/h1-12,21H,20H2. The lowest BCUT2D eigenvalue weighted by Crippen LogP contribution is -2.00. The van der Waals surface area contributed by atoms with Gasteiger partial charge in [-0.15, -0.1) is 0 Å². The van der Waals surface area contributed by atoms with Crippen molar-refractivity contribution in [3.63, 3.8) is 0 Å². The van der Waals surface area contributed by atoms with Gasteiger partial charge in [-0.3, -0.25) is 4.79 Å². The van der Waals surface area contributed by atoms with Gasteiger partial charge in [0.05, 0.1) is 0 Å². The van der Waals surface area contributed by atoms with Crippen molar-refractivity contribution in [2.45, 2.75) is 0 Å². The number of nitrogen functional groups attached to an aromatic ring is 1. The highest BCUT2D eigenvalue weighted by molar-refractivity contribution is 6.09. The normalized spacial score (nSPS) is 10.4. The number of carbonyl (C=O) groups is 1. The van der Waals surface area contributed by atoms with Crippen molar-refractivity contribution >= 4 is 11.5 Å². The molecule has 0 spiro atoms. The van der Waals surface area contributed by atoms with E-state index < -0.39 is 0 Å². The molecule has 3 N–H and O–H groups in total. The number of hydrogen-bond donors (Lipinski definition) is 2. The van der Waals surface area contributed by atoms with Crippen LogP contribution in [0.15, 0.2) is 72.8 Å². The van der Waals surface area contributed by atoms with Gasteiger partial charge in [-0.25, -0.2) is 0 Å². The highest BCUT2D eigenvalue weighted by Crippen LogP contribution is 2.29. The Hall–Kier alpha value is -3.07. The van der Waals surface area contributed by atoms with Gasteiger partial charge in [-0.2, -0.15) is 0 Å². The predicted octanol–water partition coefficient (Wildman–Crippen LogP) is 3.87. The van der Waals surface area contributed by atoms with Crippen LogP contribution >= 0.6 is 0 Å². The third-order valence-electron chi connectivity index (χ3n) is 3.53. The Morgan fingerprint density at radius 1 is 0.818 bits per heavy atom. The first kappa shape index (κ1) is 13.9. The molecule has 0 unspecified atom stereocenters. The van der Waals surface area contributed by atoms with E-state index in [1.165, 1.54) is 6.07 Å². The largest absolute Gasteiger partial charge is 0.508 e. The fourth-order valence-electron chi connectivity index (χ4n) is 2.37. The Morgan fingerprint density at radius 2 is 1.45 bits per heavy atom. The minimum Gasteiger partial charge on any atom is -0.508 e. The van der Waals surface area contributed by atoms with Crippen molar-refractivity contribution in [2.75, 3.05) is 5.73 Å². The summed E-state index contributed by atoms with van der Waals surface area (Å²) >= 11 is 0. The van der Waals surface area contributed by atoms with Crippen LogP contribution in [0.4, 0.5) is 5.69 Å². The minimum absolute atomic E-state index is 0.00849. The summed E-state index contributed by atoms with van der Waals surface area (Å²) in [5.41, 5.74) is 9.45. The molecule has 0 bridgehead atoms. The molecule has 0 fully saturated rings. The van der Waals surface area contributed by atoms with E-state index in [-0.39, 0.29) is 11.5 Å². The molecule has 108 valence electrons. The average Bonchev–Trinajstić information content (AvgIpc) is 2.55. The molecular weight excluding hydrogens is 274 g/mol. The summed E-state index contributed by atoms with van der Waals surface area (Å²) in [4.78, 5) is 12.3. The van der Waals surface area contributed by atoms with Gasteiger partial charge in [0.1, 0.15) is 5.75 Å². The number of rotatable bonds is 3. The van der Waals surface area contributed by atoms with Crippen molar-refractivity contribution in [2.24, 2.45) is 0 Å². The lowest BCUT2D eigenvalue weighted by Gasteiger charge is -2.07. The molecule has 0 atom stereocenters. The predicted molar refractivity (Wildman–Crippen MR) is 87.8 cm³/mol. The molecule has 22 heavy (non-hydrogen) atoms. The number of anilines is 1. The monoisotopic (exact) mass is 289 g/mol. The average molecular weight is 289 g/mol. The zero-order valence-electron chi connectivity index (χ0n) is 11.9. The molecule has 0 aromatic heterocycles. The Kier molecular flexibility index (Phi) is 3.62. The number of aromatic hydroxyl groups is 1. The van der Waals surface area contributed by atoms with Gasteiger partial charge < -0.3 is 10.8 Å². The van der Waals surface area contributed by atoms with E-state index in [4.69, 9.17) is 5.73 Å². The molecule has 3 rings (SSSR count). The van der Waals surface area contributed by atoms with Crippen LogP contribution in [-0.4, -0.2) is 10.9 Å². The van der Waals surface area contributed by atoms with Crippen molar-refractivity contribution in [3.05, 3.63) is 83.9 Å². The van der Waals surface area contributed by atoms with E-state index in [2.05, 4.69) is 0 Å². The second kappa shape index (κ2) is 5.74. The molecule has 0 aliphatic rings. The molecule has 0 heterocycles. The zero-order chi connectivity index (χ0) is 15.5. The van der Waals surface area contributed by atoms with E-state index in [0.717, 1.165) is 11.1 Å². The quantitative estimate of drug-likeness (QED) is 0.568. The van der Waals surface area contributed by atoms with Gasteiger partial charge in [0.25, 0.3) is 0 Å². The van der Waals surface area contributed by atoms with Crippen LogP contribution in [0.2, 0.25) is 0 Å². The lowest BCUT2D eigenvalue weighted by molar-refractivity contribution is 0.103. The fraction of sp³-hybridized carbons (Fsp3) is 0. The maximum absolute atomic E-state index is 12.3. The summed E-state index contributed by atoms with van der Waals surface area (Å²) in [6.07, 6.45) is 0. The molecule has 0 saturated carbocycles. The third-order valence-corrected chi connectivity index (χ3v) is 3.53. The lowest BCUT2D eigenvalue weighted by atomic mass is 9.98. The highest BCUT2D eigenvalue weighted by atomic mass is 16.3. The Bertz CT molecular complexity index is 809. The first-order chi connectivity index (χ1) is 10.6. The highest BCUT2D eigenvalue weighted by Gasteiger charge is 2.09. The third kappa shape index (κ3) is 2.69. The molecule has 3 heteroatoms. The maximum atomic E-state index is 12.3. The molecule has 0 aliphatic carbocycles. The van der Waals surface area contributed by atoms with Gasteiger partial charge in [0.15, 0.2) is 5.78 Å². The second-order valence-corrected chi connectivity index (χ2v) is 5.04. The van der Waals surface area contributed by atoms with Crippen molar-refractivity contribution in [1.29, 1.82) is 0 Å². The molecule has 3 aromatic rings. The van der Waals surface area contributed by atoms with Crippen LogP contribution in [0.25, 0.3) is 11.1 Å². The fourth-order valence-corrected chi connectivity index (χ4v) is 2.37.